The average Bonchev–Trinajstić information content (AvgIpc) is 2.38. The summed E-state index contributed by atoms with van der Waals surface area (Å²) in [5, 5.41) is 0.764. The lowest BCUT2D eigenvalue weighted by Gasteiger charge is -2.21. The van der Waals surface area contributed by atoms with Gasteiger partial charge in [-0.15, -0.1) is 0 Å². The summed E-state index contributed by atoms with van der Waals surface area (Å²) in [6, 6.07) is 8.32. The zero-order chi connectivity index (χ0) is 11.2. The Morgan fingerprint density at radius 1 is 1.38 bits per heavy atom. The van der Waals surface area contributed by atoms with Crippen LogP contribution < -0.4 is 4.74 Å². The van der Waals surface area contributed by atoms with Crippen molar-refractivity contribution in [1.82, 2.24) is 0 Å². The fourth-order valence-electron chi connectivity index (χ4n) is 1.82. The van der Waals surface area contributed by atoms with E-state index in [4.69, 9.17) is 9.47 Å². The van der Waals surface area contributed by atoms with E-state index < -0.39 is 0 Å². The minimum atomic E-state index is 0.764. The molecule has 2 nitrogen and oxygen atoms in total. The lowest BCUT2D eigenvalue weighted by Crippen LogP contribution is -2.17. The number of ether oxygens (including phenoxy) is 2. The highest BCUT2D eigenvalue weighted by molar-refractivity contribution is 7.99. The molecule has 0 unspecified atom stereocenters. The van der Waals surface area contributed by atoms with Crippen molar-refractivity contribution in [2.45, 2.75) is 23.8 Å². The van der Waals surface area contributed by atoms with Gasteiger partial charge in [0.2, 0.25) is 0 Å². The first-order valence-electron chi connectivity index (χ1n) is 5.71. The molecule has 0 aromatic heterocycles. The molecule has 16 heavy (non-hydrogen) atoms. The number of hydrogen-bond donors (Lipinski definition) is 0. The number of methoxy groups -OCH3 is 1. The summed E-state index contributed by atoms with van der Waals surface area (Å²) in [4.78, 5) is 0. The second-order valence-corrected chi connectivity index (χ2v) is 5.26. The SMILES string of the molecule is COc1cccc(CSC2CCOCC2)c1. The molecule has 3 heteroatoms. The molecule has 0 spiro atoms. The van der Waals surface area contributed by atoms with Crippen LogP contribution in [0.4, 0.5) is 0 Å². The van der Waals surface area contributed by atoms with Gasteiger partial charge in [-0.05, 0) is 30.5 Å². The Balaban J connectivity index is 1.83. The van der Waals surface area contributed by atoms with Crippen molar-refractivity contribution in [3.63, 3.8) is 0 Å². The van der Waals surface area contributed by atoms with Crippen LogP contribution in [0.15, 0.2) is 24.3 Å². The third-order valence-electron chi connectivity index (χ3n) is 2.79. The van der Waals surface area contributed by atoms with Crippen LogP contribution in [0.1, 0.15) is 18.4 Å². The van der Waals surface area contributed by atoms with E-state index in [1.54, 1.807) is 7.11 Å². The first-order valence-corrected chi connectivity index (χ1v) is 6.75. The van der Waals surface area contributed by atoms with Crippen LogP contribution in [-0.4, -0.2) is 25.6 Å². The van der Waals surface area contributed by atoms with Gasteiger partial charge in [0.05, 0.1) is 7.11 Å². The van der Waals surface area contributed by atoms with Crippen LogP contribution in [0.2, 0.25) is 0 Å². The van der Waals surface area contributed by atoms with Gasteiger partial charge < -0.3 is 9.47 Å². The van der Waals surface area contributed by atoms with Gasteiger partial charge in [0.15, 0.2) is 0 Å². The second kappa shape index (κ2) is 6.16. The number of benzene rings is 1. The molecule has 1 aromatic rings. The number of thioether (sulfide) groups is 1. The first-order chi connectivity index (χ1) is 7.88. The highest BCUT2D eigenvalue weighted by Crippen LogP contribution is 2.26. The normalized spacial score (nSPS) is 17.3. The summed E-state index contributed by atoms with van der Waals surface area (Å²) in [5.41, 5.74) is 1.34. The monoisotopic (exact) mass is 238 g/mol. The van der Waals surface area contributed by atoms with Gasteiger partial charge in [0.1, 0.15) is 5.75 Å². The minimum Gasteiger partial charge on any atom is -0.497 e. The lowest BCUT2D eigenvalue weighted by molar-refractivity contribution is 0.1000. The summed E-state index contributed by atoms with van der Waals surface area (Å²) >= 11 is 2.03. The van der Waals surface area contributed by atoms with Crippen LogP contribution in [-0.2, 0) is 10.5 Å². The molecule has 0 amide bonds. The minimum absolute atomic E-state index is 0.764. The van der Waals surface area contributed by atoms with Crippen molar-refractivity contribution in [2.75, 3.05) is 20.3 Å². The Labute approximate surface area is 101 Å². The van der Waals surface area contributed by atoms with E-state index >= 15 is 0 Å². The van der Waals surface area contributed by atoms with Gasteiger partial charge in [-0.2, -0.15) is 11.8 Å². The van der Waals surface area contributed by atoms with Gasteiger partial charge in [0.25, 0.3) is 0 Å². The van der Waals surface area contributed by atoms with Crippen molar-refractivity contribution in [3.05, 3.63) is 29.8 Å². The van der Waals surface area contributed by atoms with E-state index in [-0.39, 0.29) is 0 Å². The fourth-order valence-corrected chi connectivity index (χ4v) is 2.95. The van der Waals surface area contributed by atoms with Gasteiger partial charge in [-0.1, -0.05) is 12.1 Å². The van der Waals surface area contributed by atoms with E-state index in [0.717, 1.165) is 30.0 Å². The Morgan fingerprint density at radius 2 is 2.19 bits per heavy atom. The maximum Gasteiger partial charge on any atom is 0.119 e. The topological polar surface area (TPSA) is 18.5 Å². The van der Waals surface area contributed by atoms with E-state index in [0.29, 0.717) is 0 Å². The van der Waals surface area contributed by atoms with E-state index in [1.165, 1.54) is 18.4 Å². The molecule has 1 aromatic carbocycles. The Bertz CT molecular complexity index is 321. The standard InChI is InChI=1S/C13H18O2S/c1-14-12-4-2-3-11(9-12)10-16-13-5-7-15-8-6-13/h2-4,9,13H,5-8,10H2,1H3. The Kier molecular flexibility index (Phi) is 4.55. The third-order valence-corrected chi connectivity index (χ3v) is 4.23. The highest BCUT2D eigenvalue weighted by atomic mass is 32.2. The highest BCUT2D eigenvalue weighted by Gasteiger charge is 2.13. The Morgan fingerprint density at radius 3 is 2.94 bits per heavy atom. The number of hydrogen-bond acceptors (Lipinski definition) is 3. The molecule has 1 fully saturated rings. The predicted octanol–water partition coefficient (Wildman–Crippen LogP) is 3.11. The van der Waals surface area contributed by atoms with Gasteiger partial charge in [-0.25, -0.2) is 0 Å². The molecule has 88 valence electrons. The van der Waals surface area contributed by atoms with Gasteiger partial charge >= 0.3 is 0 Å². The van der Waals surface area contributed by atoms with Crippen LogP contribution >= 0.6 is 11.8 Å². The summed E-state index contributed by atoms with van der Waals surface area (Å²) < 4.78 is 10.6. The lowest BCUT2D eigenvalue weighted by atomic mass is 10.2. The largest absolute Gasteiger partial charge is 0.497 e. The fraction of sp³-hybridized carbons (Fsp3) is 0.538. The smallest absolute Gasteiger partial charge is 0.119 e. The summed E-state index contributed by atoms with van der Waals surface area (Å²) in [6.45, 7) is 1.85. The average molecular weight is 238 g/mol. The molecule has 0 bridgehead atoms. The molecule has 0 radical (unpaired) electrons. The molecular weight excluding hydrogens is 220 g/mol. The summed E-state index contributed by atoms with van der Waals surface area (Å²) in [7, 11) is 1.71. The van der Waals surface area contributed by atoms with E-state index in [9.17, 15) is 0 Å². The number of rotatable bonds is 4. The molecular formula is C13H18O2S. The summed E-state index contributed by atoms with van der Waals surface area (Å²) in [6.07, 6.45) is 2.38. The summed E-state index contributed by atoms with van der Waals surface area (Å²) in [5.74, 6) is 2.02. The van der Waals surface area contributed by atoms with E-state index in [2.05, 4.69) is 18.2 Å². The maximum absolute atomic E-state index is 5.35. The maximum atomic E-state index is 5.35. The van der Waals surface area contributed by atoms with Gasteiger partial charge in [0, 0.05) is 24.2 Å². The molecule has 0 atom stereocenters. The first kappa shape index (κ1) is 11.8. The molecule has 0 N–H and O–H groups in total. The predicted molar refractivity (Wildman–Crippen MR) is 68.1 cm³/mol. The zero-order valence-corrected chi connectivity index (χ0v) is 10.5. The second-order valence-electron chi connectivity index (χ2n) is 3.97. The van der Waals surface area contributed by atoms with Crippen molar-refractivity contribution in [3.8, 4) is 5.75 Å². The van der Waals surface area contributed by atoms with Crippen molar-refractivity contribution in [2.24, 2.45) is 0 Å². The van der Waals surface area contributed by atoms with Crippen LogP contribution in [0.25, 0.3) is 0 Å². The molecule has 1 saturated heterocycles. The molecule has 1 aliphatic heterocycles. The van der Waals surface area contributed by atoms with Crippen molar-refractivity contribution >= 4 is 11.8 Å². The molecule has 0 aliphatic carbocycles. The quantitative estimate of drug-likeness (QED) is 0.803. The van der Waals surface area contributed by atoms with E-state index in [1.807, 2.05) is 17.8 Å². The Hall–Kier alpha value is -0.670. The van der Waals surface area contributed by atoms with Crippen molar-refractivity contribution < 1.29 is 9.47 Å². The third kappa shape index (κ3) is 3.42. The molecule has 0 saturated carbocycles. The van der Waals surface area contributed by atoms with Crippen molar-refractivity contribution in [1.29, 1.82) is 0 Å². The van der Waals surface area contributed by atoms with Crippen LogP contribution in [0.5, 0.6) is 5.75 Å². The van der Waals surface area contributed by atoms with Crippen LogP contribution in [0.3, 0.4) is 0 Å². The zero-order valence-electron chi connectivity index (χ0n) is 9.65. The molecule has 1 heterocycles. The van der Waals surface area contributed by atoms with Crippen LogP contribution in [0, 0.1) is 0 Å². The molecule has 2 rings (SSSR count). The van der Waals surface area contributed by atoms with Gasteiger partial charge in [-0.3, -0.25) is 0 Å². The molecule has 1 aliphatic rings.